The van der Waals surface area contributed by atoms with Crippen molar-refractivity contribution in [1.29, 1.82) is 0 Å². The number of hydrogen-bond acceptors (Lipinski definition) is 4. The Hall–Kier alpha value is -2.67. The summed E-state index contributed by atoms with van der Waals surface area (Å²) in [5.41, 5.74) is 1.44. The topological polar surface area (TPSA) is 86.7 Å². The van der Waals surface area contributed by atoms with Crippen LogP contribution in [0.3, 0.4) is 0 Å². The summed E-state index contributed by atoms with van der Waals surface area (Å²) in [5, 5.41) is 13.7. The Morgan fingerprint density at radius 2 is 1.96 bits per heavy atom. The molecule has 1 aromatic heterocycles. The number of benzene rings is 1. The molecule has 2 N–H and O–H groups in total. The van der Waals surface area contributed by atoms with Crippen LogP contribution in [0.25, 0.3) is 0 Å². The first-order chi connectivity index (χ1) is 12.5. The molecule has 0 saturated carbocycles. The summed E-state index contributed by atoms with van der Waals surface area (Å²) in [6, 6.07) is 10.4. The van der Waals surface area contributed by atoms with Crippen LogP contribution in [0.15, 0.2) is 41.8 Å². The van der Waals surface area contributed by atoms with E-state index in [4.69, 9.17) is 5.11 Å². The number of likely N-dealkylation sites (tertiary alicyclic amines) is 1. The molecule has 0 aliphatic carbocycles. The minimum Gasteiger partial charge on any atom is -0.481 e. The molecule has 7 heteroatoms. The Morgan fingerprint density at radius 1 is 1.19 bits per heavy atom. The number of nitrogens with one attached hydrogen (secondary N) is 1. The lowest BCUT2D eigenvalue weighted by molar-refractivity contribution is -0.137. The molecule has 26 heavy (non-hydrogen) atoms. The van der Waals surface area contributed by atoms with Gasteiger partial charge in [0.2, 0.25) is 0 Å². The van der Waals surface area contributed by atoms with E-state index in [2.05, 4.69) is 5.32 Å². The van der Waals surface area contributed by atoms with Gasteiger partial charge >= 0.3 is 5.97 Å². The number of carbonyl (C=O) groups is 3. The summed E-state index contributed by atoms with van der Waals surface area (Å²) < 4.78 is 0. The average molecular weight is 372 g/mol. The monoisotopic (exact) mass is 372 g/mol. The first kappa shape index (κ1) is 18.1. The quantitative estimate of drug-likeness (QED) is 0.816. The molecule has 2 aromatic rings. The average Bonchev–Trinajstić information content (AvgIpc) is 3.31. The number of hydrogen-bond donors (Lipinski definition) is 2. The Kier molecular flexibility index (Phi) is 5.68. The summed E-state index contributed by atoms with van der Waals surface area (Å²) in [7, 11) is 0. The van der Waals surface area contributed by atoms with Crippen LogP contribution in [-0.2, 0) is 11.3 Å². The summed E-state index contributed by atoms with van der Waals surface area (Å²) in [4.78, 5) is 37.8. The van der Waals surface area contributed by atoms with Gasteiger partial charge in [-0.15, -0.1) is 11.3 Å². The number of carboxylic acid groups (broad SMARTS) is 1. The number of rotatable bonds is 6. The van der Waals surface area contributed by atoms with Crippen molar-refractivity contribution in [3.05, 3.63) is 57.8 Å². The maximum Gasteiger partial charge on any atom is 0.305 e. The first-order valence-electron chi connectivity index (χ1n) is 8.48. The van der Waals surface area contributed by atoms with Gasteiger partial charge in [0.05, 0.1) is 11.3 Å². The number of carboxylic acids is 1. The maximum absolute atomic E-state index is 12.6. The van der Waals surface area contributed by atoms with Gasteiger partial charge in [-0.2, -0.15) is 0 Å². The minimum absolute atomic E-state index is 0.0153. The van der Waals surface area contributed by atoms with Crippen molar-refractivity contribution in [2.75, 3.05) is 6.54 Å². The van der Waals surface area contributed by atoms with Gasteiger partial charge in [-0.3, -0.25) is 14.4 Å². The lowest BCUT2D eigenvalue weighted by Crippen LogP contribution is -2.36. The lowest BCUT2D eigenvalue weighted by Gasteiger charge is -2.23. The predicted molar refractivity (Wildman–Crippen MR) is 98.2 cm³/mol. The highest BCUT2D eigenvalue weighted by Gasteiger charge is 2.30. The third kappa shape index (κ3) is 4.29. The largest absolute Gasteiger partial charge is 0.481 e. The maximum atomic E-state index is 12.6. The van der Waals surface area contributed by atoms with E-state index in [0.717, 1.165) is 18.4 Å². The Bertz CT molecular complexity index is 786. The molecule has 1 fully saturated rings. The molecule has 136 valence electrons. The third-order valence-electron chi connectivity index (χ3n) is 4.45. The molecule has 3 rings (SSSR count). The van der Waals surface area contributed by atoms with Crippen molar-refractivity contribution < 1.29 is 19.5 Å². The normalized spacial score (nSPS) is 16.5. The molecule has 2 amide bonds. The number of nitrogens with zero attached hydrogens (tertiary/aromatic N) is 1. The number of thiophene rings is 1. The molecule has 1 aromatic carbocycles. The fourth-order valence-corrected chi connectivity index (χ4v) is 3.77. The molecule has 0 radical (unpaired) electrons. The molecule has 1 aliphatic heterocycles. The van der Waals surface area contributed by atoms with Crippen molar-refractivity contribution in [2.45, 2.75) is 31.8 Å². The van der Waals surface area contributed by atoms with E-state index in [0.29, 0.717) is 23.5 Å². The second-order valence-electron chi connectivity index (χ2n) is 6.25. The smallest absolute Gasteiger partial charge is 0.305 e. The van der Waals surface area contributed by atoms with Crippen LogP contribution in [-0.4, -0.2) is 40.4 Å². The van der Waals surface area contributed by atoms with E-state index in [9.17, 15) is 14.4 Å². The molecule has 6 nitrogen and oxygen atoms in total. The fraction of sp³-hybridized carbons (Fsp3) is 0.316. The number of carbonyl (C=O) groups excluding carboxylic acids is 2. The molecule has 1 unspecified atom stereocenters. The van der Waals surface area contributed by atoms with E-state index in [1.807, 2.05) is 23.6 Å². The van der Waals surface area contributed by atoms with Crippen LogP contribution >= 0.6 is 11.3 Å². The van der Waals surface area contributed by atoms with Crippen LogP contribution in [0, 0.1) is 0 Å². The molecule has 0 spiro atoms. The zero-order chi connectivity index (χ0) is 18.5. The van der Waals surface area contributed by atoms with Crippen LogP contribution < -0.4 is 5.32 Å². The lowest BCUT2D eigenvalue weighted by atomic mass is 10.1. The molecule has 1 aliphatic rings. The first-order valence-corrected chi connectivity index (χ1v) is 9.36. The van der Waals surface area contributed by atoms with Gasteiger partial charge in [0.1, 0.15) is 0 Å². The molecular formula is C19H20N2O4S. The van der Waals surface area contributed by atoms with Gasteiger partial charge in [-0.1, -0.05) is 18.2 Å². The van der Waals surface area contributed by atoms with Crippen molar-refractivity contribution in [2.24, 2.45) is 0 Å². The number of amides is 2. The van der Waals surface area contributed by atoms with E-state index in [1.54, 1.807) is 23.1 Å². The van der Waals surface area contributed by atoms with Gasteiger partial charge < -0.3 is 15.3 Å². The van der Waals surface area contributed by atoms with Crippen molar-refractivity contribution >= 4 is 29.1 Å². The van der Waals surface area contributed by atoms with Gasteiger partial charge in [-0.25, -0.2) is 0 Å². The van der Waals surface area contributed by atoms with Gasteiger partial charge in [0, 0.05) is 24.7 Å². The highest BCUT2D eigenvalue weighted by atomic mass is 32.1. The summed E-state index contributed by atoms with van der Waals surface area (Å²) in [6.07, 6.45) is 1.54. The Labute approximate surface area is 155 Å². The SMILES string of the molecule is O=C(O)CC1CCCN1C(=O)c1ccc(CNC(=O)c2cccs2)cc1. The highest BCUT2D eigenvalue weighted by molar-refractivity contribution is 7.12. The second-order valence-corrected chi connectivity index (χ2v) is 7.20. The van der Waals surface area contributed by atoms with Crippen LogP contribution in [0.1, 0.15) is 44.9 Å². The Morgan fingerprint density at radius 3 is 2.62 bits per heavy atom. The van der Waals surface area contributed by atoms with Gasteiger partial charge in [-0.05, 0) is 42.0 Å². The predicted octanol–water partition coefficient (Wildman–Crippen LogP) is 2.76. The van der Waals surface area contributed by atoms with Crippen molar-refractivity contribution in [1.82, 2.24) is 10.2 Å². The molecule has 0 bridgehead atoms. The number of aliphatic carboxylic acids is 1. The highest BCUT2D eigenvalue weighted by Crippen LogP contribution is 2.22. The summed E-state index contributed by atoms with van der Waals surface area (Å²) >= 11 is 1.39. The van der Waals surface area contributed by atoms with Crippen molar-refractivity contribution in [3.8, 4) is 0 Å². The van der Waals surface area contributed by atoms with Gasteiger partial charge in [0.15, 0.2) is 0 Å². The van der Waals surface area contributed by atoms with Crippen LogP contribution in [0.2, 0.25) is 0 Å². The van der Waals surface area contributed by atoms with Gasteiger partial charge in [0.25, 0.3) is 11.8 Å². The zero-order valence-electron chi connectivity index (χ0n) is 14.2. The summed E-state index contributed by atoms with van der Waals surface area (Å²) in [5.74, 6) is -1.14. The van der Waals surface area contributed by atoms with Crippen LogP contribution in [0.5, 0.6) is 0 Å². The zero-order valence-corrected chi connectivity index (χ0v) is 15.0. The molecule has 1 saturated heterocycles. The summed E-state index contributed by atoms with van der Waals surface area (Å²) in [6.45, 7) is 0.978. The minimum atomic E-state index is -0.883. The van der Waals surface area contributed by atoms with Crippen molar-refractivity contribution in [3.63, 3.8) is 0 Å². The van der Waals surface area contributed by atoms with E-state index in [1.165, 1.54) is 11.3 Å². The van der Waals surface area contributed by atoms with E-state index in [-0.39, 0.29) is 24.3 Å². The Balaban J connectivity index is 1.59. The standard InChI is InChI=1S/C19H20N2O4S/c22-17(23)11-15-3-1-9-21(15)19(25)14-7-5-13(6-8-14)12-20-18(24)16-4-2-10-26-16/h2,4-8,10,15H,1,3,9,11-12H2,(H,20,24)(H,22,23). The van der Waals surface area contributed by atoms with E-state index >= 15 is 0 Å². The molecular weight excluding hydrogens is 352 g/mol. The fourth-order valence-electron chi connectivity index (χ4n) is 3.13. The molecule has 1 atom stereocenters. The van der Waals surface area contributed by atoms with Crippen LogP contribution in [0.4, 0.5) is 0 Å². The second kappa shape index (κ2) is 8.14. The van der Waals surface area contributed by atoms with E-state index < -0.39 is 5.97 Å². The molecule has 2 heterocycles. The third-order valence-corrected chi connectivity index (χ3v) is 5.32.